The van der Waals surface area contributed by atoms with Crippen LogP contribution in [0.15, 0.2) is 64.4 Å². The molecule has 0 aromatic heterocycles. The predicted octanol–water partition coefficient (Wildman–Crippen LogP) is 4.26. The van der Waals surface area contributed by atoms with Crippen molar-refractivity contribution in [1.82, 2.24) is 0 Å². The third-order valence-corrected chi connectivity index (χ3v) is 2.73. The second-order valence-corrected chi connectivity index (χ2v) is 4.11. The van der Waals surface area contributed by atoms with Crippen LogP contribution in [-0.2, 0) is 0 Å². The summed E-state index contributed by atoms with van der Waals surface area (Å²) in [5.41, 5.74) is 1.22. The Kier molecular flexibility index (Phi) is 5.37. The van der Waals surface area contributed by atoms with Gasteiger partial charge in [0.15, 0.2) is 0 Å². The Morgan fingerprint density at radius 3 is 1.53 bits per heavy atom. The highest BCUT2D eigenvalue weighted by atomic mass is 32.1. The molecule has 2 aromatic rings. The van der Waals surface area contributed by atoms with Crippen molar-refractivity contribution in [2.24, 2.45) is 0 Å². The van der Waals surface area contributed by atoms with E-state index in [0.717, 1.165) is 9.79 Å². The normalized spacial score (nSPS) is 9.00. The van der Waals surface area contributed by atoms with Gasteiger partial charge in [0, 0.05) is 9.79 Å². The van der Waals surface area contributed by atoms with Crippen molar-refractivity contribution in [1.29, 1.82) is 0 Å². The smallest absolute Gasteiger partial charge is 0.0176 e. The molecule has 0 aliphatic rings. The fraction of sp³-hybridized carbons (Fsp3) is 0.0769. The van der Waals surface area contributed by atoms with E-state index >= 15 is 0 Å². The molecule has 0 radical (unpaired) electrons. The average Bonchev–Trinajstić information content (AvgIpc) is 2.27. The van der Waals surface area contributed by atoms with Gasteiger partial charge in [0.1, 0.15) is 0 Å². The molecule has 0 amide bonds. The highest BCUT2D eigenvalue weighted by molar-refractivity contribution is 7.83. The lowest BCUT2D eigenvalue weighted by molar-refractivity contribution is 1.23. The van der Waals surface area contributed by atoms with Crippen molar-refractivity contribution >= 4 is 25.3 Å². The molecule has 0 N–H and O–H groups in total. The van der Waals surface area contributed by atoms with Gasteiger partial charge in [0.2, 0.25) is 0 Å². The second-order valence-electron chi connectivity index (χ2n) is 3.15. The van der Waals surface area contributed by atoms with Crippen molar-refractivity contribution in [3.8, 4) is 0 Å². The summed E-state index contributed by atoms with van der Waals surface area (Å²) in [6.07, 6.45) is 0. The summed E-state index contributed by atoms with van der Waals surface area (Å²) >= 11 is 8.36. The van der Waals surface area contributed by atoms with Crippen molar-refractivity contribution in [3.63, 3.8) is 0 Å². The first-order chi connectivity index (χ1) is 7.20. The quantitative estimate of drug-likeness (QED) is 0.625. The Labute approximate surface area is 102 Å². The third kappa shape index (κ3) is 4.96. The zero-order valence-corrected chi connectivity index (χ0v) is 10.4. The van der Waals surface area contributed by atoms with Crippen LogP contribution in [0.25, 0.3) is 0 Å². The van der Waals surface area contributed by atoms with Gasteiger partial charge in [0.05, 0.1) is 0 Å². The molecule has 0 heterocycles. The van der Waals surface area contributed by atoms with Gasteiger partial charge in [-0.25, -0.2) is 0 Å². The minimum atomic E-state index is 0.934. The summed E-state index contributed by atoms with van der Waals surface area (Å²) in [7, 11) is 0. The van der Waals surface area contributed by atoms with E-state index in [1.807, 2.05) is 61.5 Å². The van der Waals surface area contributed by atoms with Gasteiger partial charge in [0.25, 0.3) is 0 Å². The zero-order valence-electron chi connectivity index (χ0n) is 8.59. The molecule has 0 saturated carbocycles. The molecule has 78 valence electrons. The number of rotatable bonds is 0. The lowest BCUT2D eigenvalue weighted by Gasteiger charge is -1.96. The number of hydrogen-bond acceptors (Lipinski definition) is 2. The molecule has 0 nitrogen and oxygen atoms in total. The molecule has 2 heteroatoms. The molecule has 0 aliphatic heterocycles. The van der Waals surface area contributed by atoms with Crippen LogP contribution in [0.5, 0.6) is 0 Å². The minimum absolute atomic E-state index is 0.934. The van der Waals surface area contributed by atoms with E-state index in [2.05, 4.69) is 25.3 Å². The molecule has 0 bridgehead atoms. The van der Waals surface area contributed by atoms with Crippen LogP contribution in [0.3, 0.4) is 0 Å². The number of hydrogen-bond donors (Lipinski definition) is 2. The van der Waals surface area contributed by atoms with Gasteiger partial charge >= 0.3 is 0 Å². The summed E-state index contributed by atoms with van der Waals surface area (Å²) in [6.45, 7) is 2.03. The highest BCUT2D eigenvalue weighted by Crippen LogP contribution is 2.18. The molecule has 0 unspecified atom stereocenters. The van der Waals surface area contributed by atoms with Gasteiger partial charge in [-0.2, -0.15) is 0 Å². The second kappa shape index (κ2) is 6.59. The van der Waals surface area contributed by atoms with E-state index in [1.54, 1.807) is 0 Å². The van der Waals surface area contributed by atoms with E-state index in [4.69, 9.17) is 0 Å². The number of aryl methyl sites for hydroxylation is 1. The molecule has 0 atom stereocenters. The van der Waals surface area contributed by atoms with Crippen molar-refractivity contribution < 1.29 is 0 Å². The fourth-order valence-electron chi connectivity index (χ4n) is 1.02. The van der Waals surface area contributed by atoms with Crippen molar-refractivity contribution in [3.05, 3.63) is 60.2 Å². The summed E-state index contributed by atoms with van der Waals surface area (Å²) < 4.78 is 0. The van der Waals surface area contributed by atoms with E-state index in [0.29, 0.717) is 0 Å². The minimum Gasteiger partial charge on any atom is -0.142 e. The Morgan fingerprint density at radius 2 is 1.20 bits per heavy atom. The highest BCUT2D eigenvalue weighted by Gasteiger charge is 1.90. The molecule has 0 aliphatic carbocycles. The van der Waals surface area contributed by atoms with Crippen LogP contribution in [0.2, 0.25) is 0 Å². The molecule has 0 spiro atoms. The maximum absolute atomic E-state index is 4.19. The molecule has 0 fully saturated rings. The van der Waals surface area contributed by atoms with E-state index < -0.39 is 0 Å². The van der Waals surface area contributed by atoms with Crippen molar-refractivity contribution in [2.75, 3.05) is 0 Å². The van der Waals surface area contributed by atoms with Crippen LogP contribution < -0.4 is 0 Å². The third-order valence-electron chi connectivity index (χ3n) is 1.80. The summed E-state index contributed by atoms with van der Waals surface area (Å²) in [5.74, 6) is 0. The fourth-order valence-corrected chi connectivity index (χ4v) is 1.44. The Hall–Kier alpha value is -0.860. The van der Waals surface area contributed by atoms with E-state index in [9.17, 15) is 0 Å². The summed E-state index contributed by atoms with van der Waals surface area (Å²) in [4.78, 5) is 1.88. The first-order valence-electron chi connectivity index (χ1n) is 4.69. The summed E-state index contributed by atoms with van der Waals surface area (Å²) in [5, 5.41) is 0. The first-order valence-corrected chi connectivity index (χ1v) is 5.58. The number of thiol groups is 2. The Bertz CT molecular complexity index is 370. The number of benzene rings is 2. The standard InChI is InChI=1S/C7H8S2.C6H6/c1-5-2-3-6(8)7(9)4-5;1-2-4-6-5-3-1/h2-4,8-9H,1H3;1-6H. The lowest BCUT2D eigenvalue weighted by atomic mass is 10.2. The molecule has 15 heavy (non-hydrogen) atoms. The average molecular weight is 234 g/mol. The SMILES string of the molecule is Cc1ccc(S)c(S)c1.c1ccccc1. The molecule has 2 aromatic carbocycles. The zero-order chi connectivity index (χ0) is 11.1. The van der Waals surface area contributed by atoms with Crippen LogP contribution in [0.4, 0.5) is 0 Å². The van der Waals surface area contributed by atoms with Crippen molar-refractivity contribution in [2.45, 2.75) is 16.7 Å². The largest absolute Gasteiger partial charge is 0.142 e. The topological polar surface area (TPSA) is 0 Å². The monoisotopic (exact) mass is 234 g/mol. The molecule has 0 saturated heterocycles. The van der Waals surface area contributed by atoms with Gasteiger partial charge < -0.3 is 0 Å². The Morgan fingerprint density at radius 1 is 0.733 bits per heavy atom. The molecule has 2 rings (SSSR count). The Balaban J connectivity index is 0.000000162. The van der Waals surface area contributed by atoms with Crippen LogP contribution in [-0.4, -0.2) is 0 Å². The maximum Gasteiger partial charge on any atom is 0.0176 e. The van der Waals surface area contributed by atoms with Gasteiger partial charge in [-0.15, -0.1) is 25.3 Å². The molecular formula is C13H14S2. The van der Waals surface area contributed by atoms with E-state index in [1.165, 1.54) is 5.56 Å². The van der Waals surface area contributed by atoms with Gasteiger partial charge in [-0.1, -0.05) is 42.5 Å². The van der Waals surface area contributed by atoms with Gasteiger partial charge in [-0.3, -0.25) is 0 Å². The van der Waals surface area contributed by atoms with E-state index in [-0.39, 0.29) is 0 Å². The predicted molar refractivity (Wildman–Crippen MR) is 72.1 cm³/mol. The summed E-state index contributed by atoms with van der Waals surface area (Å²) in [6, 6.07) is 18.0. The first kappa shape index (κ1) is 12.2. The van der Waals surface area contributed by atoms with Gasteiger partial charge in [-0.05, 0) is 24.6 Å². The van der Waals surface area contributed by atoms with Crippen LogP contribution in [0, 0.1) is 6.92 Å². The molecular weight excluding hydrogens is 220 g/mol. The maximum atomic E-state index is 4.19. The van der Waals surface area contributed by atoms with Crippen LogP contribution in [0.1, 0.15) is 5.56 Å². The van der Waals surface area contributed by atoms with Crippen LogP contribution >= 0.6 is 25.3 Å². The lowest BCUT2D eigenvalue weighted by Crippen LogP contribution is -1.73.